The molecular formula is C37H49ClN2O3Ru-. The molecule has 0 spiro atoms. The fourth-order valence-corrected chi connectivity index (χ4v) is 7.35. The van der Waals surface area contributed by atoms with Gasteiger partial charge in [-0.3, -0.25) is 0 Å². The Morgan fingerprint density at radius 2 is 1.52 bits per heavy atom. The molecule has 0 amide bonds. The van der Waals surface area contributed by atoms with Crippen molar-refractivity contribution >= 4 is 25.7 Å². The molecule has 3 aromatic rings. The monoisotopic (exact) mass is 706 g/mol. The Hall–Kier alpha value is -2.56. The van der Waals surface area contributed by atoms with Crippen molar-refractivity contribution in [1.82, 2.24) is 0 Å². The minimum absolute atomic E-state index is 0.0275. The first-order valence-corrected chi connectivity index (χ1v) is 18.6. The van der Waals surface area contributed by atoms with Gasteiger partial charge in [0.1, 0.15) is 0 Å². The van der Waals surface area contributed by atoms with Crippen molar-refractivity contribution in [2.75, 3.05) is 4.90 Å². The molecule has 1 unspecified atom stereocenters. The summed E-state index contributed by atoms with van der Waals surface area (Å²) in [7, 11) is 5.69. The summed E-state index contributed by atoms with van der Waals surface area (Å²) in [5, 5.41) is 10.6. The van der Waals surface area contributed by atoms with Crippen LogP contribution in [0.3, 0.4) is 0 Å². The molecular weight excluding hydrogens is 657 g/mol. The fourth-order valence-electron chi connectivity index (χ4n) is 6.26. The molecule has 0 N–H and O–H groups in total. The van der Waals surface area contributed by atoms with Gasteiger partial charge in [0.15, 0.2) is 0 Å². The maximum absolute atomic E-state index is 10.6. The van der Waals surface area contributed by atoms with Crippen LogP contribution in [-0.2, 0) is 21.1 Å². The van der Waals surface area contributed by atoms with Gasteiger partial charge in [0.05, 0.1) is 0 Å². The molecule has 0 radical (unpaired) electrons. The number of ether oxygens (including phenoxy) is 1. The van der Waals surface area contributed by atoms with Crippen LogP contribution < -0.4 is 9.64 Å². The third-order valence-corrected chi connectivity index (χ3v) is 9.23. The number of nitrogens with zero attached hydrogens (tertiary/aromatic N) is 2. The molecule has 0 aromatic heterocycles. The molecule has 5 nitrogen and oxygen atoms in total. The van der Waals surface area contributed by atoms with Gasteiger partial charge in [0.2, 0.25) is 0 Å². The number of nitro benzene ring substituents is 1. The third kappa shape index (κ3) is 8.58. The van der Waals surface area contributed by atoms with Crippen molar-refractivity contribution in [1.29, 1.82) is 0 Å². The number of para-hydroxylation sites is 1. The van der Waals surface area contributed by atoms with Crippen LogP contribution in [0.15, 0.2) is 54.6 Å². The van der Waals surface area contributed by atoms with Crippen LogP contribution in [0, 0.1) is 30.5 Å². The SMILES string of the molecule is CC(C)Oc1ccc([N+](=O)[O-])cc1[CH]=[Ru][Cl].Cc1cc(C)cc(C2(C)[CH-]N(c3c(C(C)C)cccc3C(C)C)C(C)(C)C2)c1. The van der Waals surface area contributed by atoms with E-state index >= 15 is 0 Å². The summed E-state index contributed by atoms with van der Waals surface area (Å²) in [6, 6.07) is 18.4. The number of non-ortho nitro benzene ring substituents is 1. The van der Waals surface area contributed by atoms with Gasteiger partial charge < -0.3 is 4.90 Å². The number of hydrogen-bond donors (Lipinski definition) is 0. The standard InChI is InChI=1S/C27H38N.C10H11NO3.ClH.Ru/c1-18(2)23-11-10-12-24(19(3)4)25(23)28-17-27(9,16-26(28,7)8)22-14-20(5)13-21(6)15-22;1-7(2)14-10-5-4-9(11(12)13)6-8(10)3;;/h10-15,17-19H,16H2,1-9H3;3-7H,1-2H3;1H;/q-1;;;+1/p-1. The summed E-state index contributed by atoms with van der Waals surface area (Å²) < 4.78 is 7.31. The van der Waals surface area contributed by atoms with Gasteiger partial charge in [-0.05, 0) is 57.1 Å². The van der Waals surface area contributed by atoms with E-state index in [1.807, 2.05) is 13.8 Å². The number of nitro groups is 1. The molecule has 1 saturated heterocycles. The van der Waals surface area contributed by atoms with Crippen LogP contribution >= 0.6 is 9.69 Å². The average Bonchev–Trinajstić information content (AvgIpc) is 3.17. The number of anilines is 1. The summed E-state index contributed by atoms with van der Waals surface area (Å²) >= 11 is -0.440. The van der Waals surface area contributed by atoms with E-state index in [2.05, 4.69) is 110 Å². The molecule has 1 atom stereocenters. The predicted octanol–water partition coefficient (Wildman–Crippen LogP) is 10.4. The van der Waals surface area contributed by atoms with Crippen LogP contribution in [0.4, 0.5) is 11.4 Å². The molecule has 0 saturated carbocycles. The van der Waals surface area contributed by atoms with Crippen molar-refractivity contribution in [2.24, 2.45) is 0 Å². The normalized spacial score (nSPS) is 18.0. The second-order valence-corrected chi connectivity index (χ2v) is 15.5. The average molecular weight is 706 g/mol. The summed E-state index contributed by atoms with van der Waals surface area (Å²) in [5.74, 6) is 1.65. The predicted molar refractivity (Wildman–Crippen MR) is 183 cm³/mol. The minimum Gasteiger partial charge on any atom is -0.517 e. The molecule has 0 bridgehead atoms. The summed E-state index contributed by atoms with van der Waals surface area (Å²) in [4.78, 5) is 12.8. The number of rotatable bonds is 8. The zero-order valence-electron chi connectivity index (χ0n) is 28.1. The molecule has 0 aliphatic carbocycles. The molecule has 1 aliphatic rings. The van der Waals surface area contributed by atoms with Gasteiger partial charge in [-0.25, -0.2) is 6.54 Å². The van der Waals surface area contributed by atoms with E-state index < -0.39 is 20.6 Å². The van der Waals surface area contributed by atoms with E-state index in [0.717, 1.165) is 6.42 Å². The fraction of sp³-hybridized carbons (Fsp3) is 0.459. The molecule has 7 heteroatoms. The Bertz CT molecular complexity index is 1450. The zero-order valence-corrected chi connectivity index (χ0v) is 30.6. The molecule has 1 fully saturated rings. The molecule has 1 heterocycles. The molecule has 4 rings (SSSR count). The van der Waals surface area contributed by atoms with Gasteiger partial charge in [-0.1, -0.05) is 87.7 Å². The smallest absolute Gasteiger partial charge is 0.0145 e. The van der Waals surface area contributed by atoms with Gasteiger partial charge >= 0.3 is 105 Å². The van der Waals surface area contributed by atoms with E-state index in [-0.39, 0.29) is 22.7 Å². The maximum atomic E-state index is 10.6. The summed E-state index contributed by atoms with van der Waals surface area (Å²) in [6.45, 7) is 27.2. The van der Waals surface area contributed by atoms with E-state index in [9.17, 15) is 10.1 Å². The zero-order chi connectivity index (χ0) is 33.0. The molecule has 241 valence electrons. The molecule has 3 aromatic carbocycles. The number of hydrogen-bond acceptors (Lipinski definition) is 4. The Labute approximate surface area is 276 Å². The van der Waals surface area contributed by atoms with Crippen LogP contribution in [0.2, 0.25) is 0 Å². The largest absolute Gasteiger partial charge is 0.517 e. The quantitative estimate of drug-likeness (QED) is 0.101. The Morgan fingerprint density at radius 1 is 0.955 bits per heavy atom. The van der Waals surface area contributed by atoms with Crippen molar-refractivity contribution in [2.45, 2.75) is 111 Å². The van der Waals surface area contributed by atoms with Crippen LogP contribution in [0.1, 0.15) is 114 Å². The number of benzene rings is 3. The first-order valence-electron chi connectivity index (χ1n) is 15.4. The van der Waals surface area contributed by atoms with Crippen LogP contribution in [-0.4, -0.2) is 21.2 Å². The van der Waals surface area contributed by atoms with Gasteiger partial charge in [-0.15, -0.1) is 5.41 Å². The van der Waals surface area contributed by atoms with Crippen molar-refractivity contribution in [3.05, 3.63) is 105 Å². The minimum atomic E-state index is -0.440. The number of halogens is 1. The van der Waals surface area contributed by atoms with E-state index in [4.69, 9.17) is 14.4 Å². The van der Waals surface area contributed by atoms with Gasteiger partial charge in [0, 0.05) is 11.2 Å². The van der Waals surface area contributed by atoms with E-state index in [1.54, 1.807) is 10.7 Å². The van der Waals surface area contributed by atoms with E-state index in [0.29, 0.717) is 23.1 Å². The van der Waals surface area contributed by atoms with E-state index in [1.165, 1.54) is 45.6 Å². The Balaban J connectivity index is 0.000000281. The van der Waals surface area contributed by atoms with Crippen molar-refractivity contribution in [3.8, 4) is 5.75 Å². The van der Waals surface area contributed by atoms with Crippen molar-refractivity contribution < 1.29 is 25.3 Å². The van der Waals surface area contributed by atoms with Crippen LogP contribution in [0.25, 0.3) is 0 Å². The Morgan fingerprint density at radius 3 is 2.00 bits per heavy atom. The summed E-state index contributed by atoms with van der Waals surface area (Å²) in [5.41, 5.74) is 9.35. The molecule has 1 aliphatic heterocycles. The topological polar surface area (TPSA) is 55.6 Å². The van der Waals surface area contributed by atoms with Crippen LogP contribution in [0.5, 0.6) is 5.75 Å². The Kier molecular flexibility index (Phi) is 12.0. The second-order valence-electron chi connectivity index (χ2n) is 13.7. The second kappa shape index (κ2) is 14.7. The number of aryl methyl sites for hydroxylation is 2. The third-order valence-electron chi connectivity index (χ3n) is 8.05. The van der Waals surface area contributed by atoms with Gasteiger partial charge in [-0.2, -0.15) is 0 Å². The molecule has 44 heavy (non-hydrogen) atoms. The first-order chi connectivity index (χ1) is 20.5. The van der Waals surface area contributed by atoms with Crippen molar-refractivity contribution in [3.63, 3.8) is 0 Å². The summed E-state index contributed by atoms with van der Waals surface area (Å²) in [6.07, 6.45) is 1.15. The maximum Gasteiger partial charge on any atom is 0.0145 e. The first kappa shape index (κ1) is 35.9. The van der Waals surface area contributed by atoms with Gasteiger partial charge in [0.25, 0.3) is 0 Å².